The molecule has 6 aromatic rings. The molecular weight excluding hydrogens is 616 g/mol. The van der Waals surface area contributed by atoms with Crippen molar-refractivity contribution in [3.05, 3.63) is 186 Å². The van der Waals surface area contributed by atoms with Crippen molar-refractivity contribution in [1.29, 1.82) is 0 Å². The maximum atomic E-state index is 11.3. The first-order valence-corrected chi connectivity index (χ1v) is 15.9. The van der Waals surface area contributed by atoms with E-state index in [0.29, 0.717) is 34.1 Å². The zero-order valence-electron chi connectivity index (χ0n) is 27.4. The molecule has 0 aliphatic heterocycles. The molecule has 0 bridgehead atoms. The Balaban J connectivity index is 1.35. The molecule has 0 atom stereocenters. The van der Waals surface area contributed by atoms with Crippen LogP contribution in [0.25, 0.3) is 11.1 Å². The molecule has 0 saturated carbocycles. The highest BCUT2D eigenvalue weighted by Gasteiger charge is 2.46. The number of rotatable bonds is 8. The highest BCUT2D eigenvalue weighted by atomic mass is 16.6. The molecule has 49 heavy (non-hydrogen) atoms. The normalized spacial score (nSPS) is 12.6. The third-order valence-electron chi connectivity index (χ3n) is 9.35. The predicted molar refractivity (Wildman–Crippen MR) is 189 cm³/mol. The molecule has 0 N–H and O–H groups in total. The van der Waals surface area contributed by atoms with Crippen LogP contribution in [0.15, 0.2) is 121 Å². The minimum Gasteiger partial charge on any atom is -0.457 e. The molecule has 8 nitrogen and oxygen atoms in total. The van der Waals surface area contributed by atoms with E-state index in [1.165, 1.54) is 24.3 Å². The van der Waals surface area contributed by atoms with Crippen LogP contribution in [0.2, 0.25) is 0 Å². The summed E-state index contributed by atoms with van der Waals surface area (Å²) in [6.45, 7) is 7.61. The van der Waals surface area contributed by atoms with Crippen LogP contribution in [0.5, 0.6) is 23.0 Å². The summed E-state index contributed by atoms with van der Waals surface area (Å²) in [6.07, 6.45) is 0. The predicted octanol–water partition coefficient (Wildman–Crippen LogP) is 10.7. The number of non-ortho nitro benzene ring substituents is 2. The fourth-order valence-electron chi connectivity index (χ4n) is 6.98. The van der Waals surface area contributed by atoms with Crippen molar-refractivity contribution in [1.82, 2.24) is 0 Å². The van der Waals surface area contributed by atoms with E-state index in [1.54, 1.807) is 26.0 Å². The van der Waals surface area contributed by atoms with Gasteiger partial charge in [-0.3, -0.25) is 20.2 Å². The molecule has 0 spiro atoms. The van der Waals surface area contributed by atoms with Crippen molar-refractivity contribution in [2.24, 2.45) is 0 Å². The number of aryl methyl sites for hydroxylation is 4. The summed E-state index contributed by atoms with van der Waals surface area (Å²) >= 11 is 0. The molecule has 6 aromatic carbocycles. The molecule has 0 fully saturated rings. The van der Waals surface area contributed by atoms with E-state index in [-0.39, 0.29) is 11.4 Å². The summed E-state index contributed by atoms with van der Waals surface area (Å²) < 4.78 is 12.6. The van der Waals surface area contributed by atoms with Gasteiger partial charge in [0.1, 0.15) is 23.0 Å². The molecule has 0 unspecified atom stereocenters. The van der Waals surface area contributed by atoms with Crippen LogP contribution in [-0.4, -0.2) is 9.85 Å². The van der Waals surface area contributed by atoms with Gasteiger partial charge in [0.15, 0.2) is 0 Å². The third kappa shape index (κ3) is 5.27. The van der Waals surface area contributed by atoms with Gasteiger partial charge in [0.25, 0.3) is 11.4 Å². The minimum atomic E-state index is -0.660. The average Bonchev–Trinajstić information content (AvgIpc) is 3.39. The lowest BCUT2D eigenvalue weighted by Gasteiger charge is -2.34. The van der Waals surface area contributed by atoms with E-state index in [4.69, 9.17) is 9.47 Å². The number of hydrogen-bond acceptors (Lipinski definition) is 6. The van der Waals surface area contributed by atoms with Crippen LogP contribution in [0.4, 0.5) is 11.4 Å². The first-order valence-electron chi connectivity index (χ1n) is 15.9. The third-order valence-corrected chi connectivity index (χ3v) is 9.35. The Morgan fingerprint density at radius 3 is 1.16 bits per heavy atom. The lowest BCUT2D eigenvalue weighted by atomic mass is 9.67. The lowest BCUT2D eigenvalue weighted by Crippen LogP contribution is -2.28. The maximum Gasteiger partial charge on any atom is 0.269 e. The molecule has 0 amide bonds. The number of hydrogen-bond donors (Lipinski definition) is 0. The Labute approximate surface area is 283 Å². The van der Waals surface area contributed by atoms with Gasteiger partial charge in [0, 0.05) is 24.3 Å². The van der Waals surface area contributed by atoms with E-state index in [9.17, 15) is 20.2 Å². The van der Waals surface area contributed by atoms with Gasteiger partial charge in [-0.1, -0.05) is 72.8 Å². The first kappa shape index (κ1) is 31.3. The summed E-state index contributed by atoms with van der Waals surface area (Å²) in [6, 6.07) is 38.6. The lowest BCUT2D eigenvalue weighted by molar-refractivity contribution is -0.385. The molecule has 0 saturated heterocycles. The van der Waals surface area contributed by atoms with Crippen molar-refractivity contribution < 1.29 is 19.3 Å². The number of nitrogens with zero attached hydrogens (tertiary/aromatic N) is 2. The van der Waals surface area contributed by atoms with Gasteiger partial charge in [-0.25, -0.2) is 0 Å². The molecule has 242 valence electrons. The van der Waals surface area contributed by atoms with Crippen LogP contribution < -0.4 is 9.47 Å². The Morgan fingerprint density at radius 2 is 0.816 bits per heavy atom. The number of ether oxygens (including phenoxy) is 2. The van der Waals surface area contributed by atoms with Crippen molar-refractivity contribution >= 4 is 11.4 Å². The van der Waals surface area contributed by atoms with Gasteiger partial charge in [-0.15, -0.1) is 0 Å². The quantitative estimate of drug-likeness (QED) is 0.120. The van der Waals surface area contributed by atoms with E-state index in [0.717, 1.165) is 44.5 Å². The molecule has 0 radical (unpaired) electrons. The van der Waals surface area contributed by atoms with Crippen molar-refractivity contribution in [2.75, 3.05) is 0 Å². The van der Waals surface area contributed by atoms with Crippen LogP contribution in [0.1, 0.15) is 44.5 Å². The number of nitro groups is 2. The number of nitro benzene ring substituents is 2. The average molecular weight is 649 g/mol. The van der Waals surface area contributed by atoms with Gasteiger partial charge in [0.05, 0.1) is 15.3 Å². The zero-order chi connectivity index (χ0) is 34.4. The topological polar surface area (TPSA) is 105 Å². The number of fused-ring (bicyclic) bond motifs is 3. The largest absolute Gasteiger partial charge is 0.457 e. The van der Waals surface area contributed by atoms with Crippen LogP contribution in [0, 0.1) is 47.9 Å². The van der Waals surface area contributed by atoms with Crippen molar-refractivity contribution in [3.63, 3.8) is 0 Å². The van der Waals surface area contributed by atoms with Gasteiger partial charge < -0.3 is 9.47 Å². The van der Waals surface area contributed by atoms with E-state index in [2.05, 4.69) is 72.8 Å². The smallest absolute Gasteiger partial charge is 0.269 e. The molecular formula is C41H32N2O6. The Hall–Kier alpha value is -6.28. The summed E-state index contributed by atoms with van der Waals surface area (Å²) in [5.41, 5.74) is 9.35. The Morgan fingerprint density at radius 1 is 0.469 bits per heavy atom. The van der Waals surface area contributed by atoms with E-state index < -0.39 is 15.3 Å². The second kappa shape index (κ2) is 12.1. The van der Waals surface area contributed by atoms with Crippen molar-refractivity contribution in [3.8, 4) is 34.1 Å². The summed E-state index contributed by atoms with van der Waals surface area (Å²) in [5, 5.41) is 22.5. The molecule has 0 aromatic heterocycles. The molecule has 1 aliphatic rings. The van der Waals surface area contributed by atoms with Gasteiger partial charge in [-0.05, 0) is 108 Å². The van der Waals surface area contributed by atoms with Crippen LogP contribution in [-0.2, 0) is 5.41 Å². The summed E-state index contributed by atoms with van der Waals surface area (Å²) in [4.78, 5) is 21.7. The molecule has 8 heteroatoms. The van der Waals surface area contributed by atoms with Crippen LogP contribution in [0.3, 0.4) is 0 Å². The fraction of sp³-hybridized carbons (Fsp3) is 0.122. The summed E-state index contributed by atoms with van der Waals surface area (Å²) in [5.74, 6) is 2.44. The number of benzene rings is 6. The van der Waals surface area contributed by atoms with Gasteiger partial charge >= 0.3 is 0 Å². The zero-order valence-corrected chi connectivity index (χ0v) is 27.4. The first-order chi connectivity index (χ1) is 23.6. The second-order valence-corrected chi connectivity index (χ2v) is 12.4. The van der Waals surface area contributed by atoms with Gasteiger partial charge in [0.2, 0.25) is 0 Å². The standard InChI is InChI=1S/C41H32N2O6/c1-25-21-29(13-17-37(25)48-39-19-15-31(42(44)45)23-27(39)3)41(35-11-7-5-9-33(35)34-10-6-8-12-36(34)41)30-14-18-38(26(2)22-30)49-40-20-16-32(43(46)47)24-28(40)4/h5-24H,1-4H3. The second-order valence-electron chi connectivity index (χ2n) is 12.4. The fourth-order valence-corrected chi connectivity index (χ4v) is 6.98. The summed E-state index contributed by atoms with van der Waals surface area (Å²) in [7, 11) is 0. The van der Waals surface area contributed by atoms with Crippen LogP contribution >= 0.6 is 0 Å². The van der Waals surface area contributed by atoms with E-state index >= 15 is 0 Å². The molecule has 7 rings (SSSR count). The Kier molecular flexibility index (Phi) is 7.71. The monoisotopic (exact) mass is 648 g/mol. The maximum absolute atomic E-state index is 11.3. The SMILES string of the molecule is Cc1cc([N+](=O)[O-])ccc1Oc1ccc(C2(c3ccc(Oc4ccc([N+](=O)[O-])cc4C)c(C)c3)c3ccccc3-c3ccccc32)cc1C. The van der Waals surface area contributed by atoms with Crippen molar-refractivity contribution in [2.45, 2.75) is 33.1 Å². The molecule has 0 heterocycles. The van der Waals surface area contributed by atoms with E-state index in [1.807, 2.05) is 26.0 Å². The Bertz CT molecular complexity index is 2150. The minimum absolute atomic E-state index is 0.0204. The van der Waals surface area contributed by atoms with Gasteiger partial charge in [-0.2, -0.15) is 0 Å². The molecule has 1 aliphatic carbocycles. The highest BCUT2D eigenvalue weighted by Crippen LogP contribution is 2.56. The highest BCUT2D eigenvalue weighted by molar-refractivity contribution is 5.86.